The first kappa shape index (κ1) is 22.7. The third kappa shape index (κ3) is 5.96. The van der Waals surface area contributed by atoms with Gasteiger partial charge in [-0.1, -0.05) is 23.8 Å². The van der Waals surface area contributed by atoms with Crippen LogP contribution in [0.3, 0.4) is 0 Å². The number of anilines is 1. The molecule has 2 rings (SSSR count). The number of nitrogens with one attached hydrogen (secondary N) is 1. The fraction of sp³-hybridized carbons (Fsp3) is 0.350. The topological polar surface area (TPSA) is 66.5 Å². The van der Waals surface area contributed by atoms with Crippen LogP contribution in [0.4, 0.5) is 18.9 Å². The molecule has 2 aromatic rings. The van der Waals surface area contributed by atoms with Crippen LogP contribution in [-0.4, -0.2) is 26.9 Å². The van der Waals surface area contributed by atoms with E-state index < -0.39 is 26.7 Å². The van der Waals surface area contributed by atoms with Crippen LogP contribution in [0.15, 0.2) is 53.4 Å². The fourth-order valence-corrected chi connectivity index (χ4v) is 4.17. The van der Waals surface area contributed by atoms with E-state index in [0.29, 0.717) is 6.07 Å². The number of rotatable bonds is 7. The van der Waals surface area contributed by atoms with E-state index in [2.05, 4.69) is 5.32 Å². The Hall–Kier alpha value is -2.55. The van der Waals surface area contributed by atoms with Crippen LogP contribution in [-0.2, 0) is 21.0 Å². The molecule has 1 amide bonds. The maximum atomic E-state index is 13.2. The maximum absolute atomic E-state index is 13.2. The molecule has 0 spiro atoms. The van der Waals surface area contributed by atoms with Crippen molar-refractivity contribution in [2.24, 2.45) is 0 Å². The molecule has 0 atom stereocenters. The average molecular weight is 428 g/mol. The molecule has 0 aliphatic heterocycles. The molecule has 1 N–H and O–H groups in total. The molecule has 0 bridgehead atoms. The summed E-state index contributed by atoms with van der Waals surface area (Å²) < 4.78 is 66.4. The van der Waals surface area contributed by atoms with E-state index in [9.17, 15) is 26.4 Å². The summed E-state index contributed by atoms with van der Waals surface area (Å²) in [6.07, 6.45) is -4.80. The van der Waals surface area contributed by atoms with E-state index in [-0.39, 0.29) is 30.6 Å². The van der Waals surface area contributed by atoms with E-state index in [0.717, 1.165) is 28.1 Å². The molecular weight excluding hydrogens is 405 g/mol. The number of amides is 1. The Kier molecular flexibility index (Phi) is 6.94. The number of sulfonamides is 1. The molecule has 158 valence electrons. The van der Waals surface area contributed by atoms with Crippen LogP contribution in [0, 0.1) is 6.92 Å². The van der Waals surface area contributed by atoms with Crippen molar-refractivity contribution in [2.75, 3.05) is 10.8 Å². The summed E-state index contributed by atoms with van der Waals surface area (Å²) in [6.45, 7) is 5.16. The average Bonchev–Trinajstić information content (AvgIpc) is 2.62. The second-order valence-electron chi connectivity index (χ2n) is 6.91. The predicted octanol–water partition coefficient (Wildman–Crippen LogP) is 4.12. The highest BCUT2D eigenvalue weighted by Crippen LogP contribution is 2.32. The third-order valence-corrected chi connectivity index (χ3v) is 5.89. The van der Waals surface area contributed by atoms with Gasteiger partial charge in [-0.2, -0.15) is 13.2 Å². The number of nitrogens with zero attached hydrogens (tertiary/aromatic N) is 1. The molecule has 29 heavy (non-hydrogen) atoms. The van der Waals surface area contributed by atoms with Crippen molar-refractivity contribution in [1.82, 2.24) is 5.32 Å². The van der Waals surface area contributed by atoms with E-state index in [4.69, 9.17) is 0 Å². The number of halogens is 3. The molecule has 0 saturated carbocycles. The minimum Gasteiger partial charge on any atom is -0.354 e. The molecule has 0 heterocycles. The second-order valence-corrected chi connectivity index (χ2v) is 8.77. The van der Waals surface area contributed by atoms with Crippen molar-refractivity contribution >= 4 is 21.6 Å². The Morgan fingerprint density at radius 2 is 1.72 bits per heavy atom. The number of alkyl halides is 3. The minimum absolute atomic E-state index is 0.115. The number of hydrogen-bond acceptors (Lipinski definition) is 3. The molecule has 0 radical (unpaired) electrons. The minimum atomic E-state index is -4.67. The highest BCUT2D eigenvalue weighted by atomic mass is 32.2. The van der Waals surface area contributed by atoms with Crippen LogP contribution in [0.1, 0.15) is 31.4 Å². The SMILES string of the molecule is Cc1ccc(N(CCC(=O)NC(C)C)S(=O)(=O)c2cccc(C(F)(F)F)c2)cc1. The molecule has 5 nitrogen and oxygen atoms in total. The zero-order valence-corrected chi connectivity index (χ0v) is 17.1. The van der Waals surface area contributed by atoms with Crippen LogP contribution in [0.2, 0.25) is 0 Å². The molecule has 0 aliphatic rings. The van der Waals surface area contributed by atoms with Gasteiger partial charge in [0.25, 0.3) is 10.0 Å². The summed E-state index contributed by atoms with van der Waals surface area (Å²) in [7, 11) is -4.32. The lowest BCUT2D eigenvalue weighted by atomic mass is 10.2. The van der Waals surface area contributed by atoms with Gasteiger partial charge in [-0.25, -0.2) is 8.42 Å². The van der Waals surface area contributed by atoms with Gasteiger partial charge in [-0.3, -0.25) is 9.10 Å². The van der Waals surface area contributed by atoms with Crippen LogP contribution in [0.25, 0.3) is 0 Å². The van der Waals surface area contributed by atoms with E-state index in [1.165, 1.54) is 0 Å². The van der Waals surface area contributed by atoms with Crippen molar-refractivity contribution in [3.8, 4) is 0 Å². The Labute approximate surface area is 168 Å². The number of hydrogen-bond donors (Lipinski definition) is 1. The predicted molar refractivity (Wildman–Crippen MR) is 105 cm³/mol. The lowest BCUT2D eigenvalue weighted by Crippen LogP contribution is -2.37. The quantitative estimate of drug-likeness (QED) is 0.721. The zero-order chi connectivity index (χ0) is 21.8. The van der Waals surface area contributed by atoms with Crippen molar-refractivity contribution in [3.63, 3.8) is 0 Å². The Balaban J connectivity index is 2.43. The van der Waals surface area contributed by atoms with E-state index in [1.807, 2.05) is 6.92 Å². The van der Waals surface area contributed by atoms with Gasteiger partial charge in [0.15, 0.2) is 0 Å². The third-order valence-electron chi connectivity index (χ3n) is 4.06. The smallest absolute Gasteiger partial charge is 0.354 e. The first-order valence-electron chi connectivity index (χ1n) is 8.97. The van der Waals surface area contributed by atoms with Crippen molar-refractivity contribution in [1.29, 1.82) is 0 Å². The normalized spacial score (nSPS) is 12.1. The second kappa shape index (κ2) is 8.86. The summed E-state index contributed by atoms with van der Waals surface area (Å²) in [5.74, 6) is -0.351. The van der Waals surface area contributed by atoms with Crippen LogP contribution >= 0.6 is 0 Å². The summed E-state index contributed by atoms with van der Waals surface area (Å²) >= 11 is 0. The Morgan fingerprint density at radius 1 is 1.10 bits per heavy atom. The molecule has 2 aromatic carbocycles. The molecule has 0 saturated heterocycles. The fourth-order valence-electron chi connectivity index (χ4n) is 2.66. The summed E-state index contributed by atoms with van der Waals surface area (Å²) in [5, 5.41) is 2.67. The van der Waals surface area contributed by atoms with Gasteiger partial charge in [0, 0.05) is 19.0 Å². The first-order chi connectivity index (χ1) is 13.4. The van der Waals surface area contributed by atoms with Gasteiger partial charge in [-0.05, 0) is 51.1 Å². The standard InChI is InChI=1S/C20H23F3N2O3S/c1-14(2)24-19(26)11-12-25(17-9-7-15(3)8-10-17)29(27,28)18-6-4-5-16(13-18)20(21,22)23/h4-10,13-14H,11-12H2,1-3H3,(H,24,26). The van der Waals surface area contributed by atoms with Gasteiger partial charge in [0.05, 0.1) is 16.1 Å². The van der Waals surface area contributed by atoms with E-state index in [1.54, 1.807) is 38.1 Å². The number of aryl methyl sites for hydroxylation is 1. The number of carbonyl (C=O) groups excluding carboxylic acids is 1. The largest absolute Gasteiger partial charge is 0.416 e. The lowest BCUT2D eigenvalue weighted by molar-refractivity contribution is -0.137. The number of carbonyl (C=O) groups is 1. The summed E-state index contributed by atoms with van der Waals surface area (Å²) in [6, 6.07) is 9.96. The van der Waals surface area contributed by atoms with Gasteiger partial charge >= 0.3 is 6.18 Å². The molecule has 0 aromatic heterocycles. The maximum Gasteiger partial charge on any atom is 0.416 e. The molecule has 9 heteroatoms. The van der Waals surface area contributed by atoms with Crippen molar-refractivity contribution in [2.45, 2.75) is 44.3 Å². The first-order valence-corrected chi connectivity index (χ1v) is 10.4. The molecule has 0 fully saturated rings. The van der Waals surface area contributed by atoms with Gasteiger partial charge < -0.3 is 5.32 Å². The molecule has 0 aliphatic carbocycles. The number of benzene rings is 2. The van der Waals surface area contributed by atoms with Crippen LogP contribution in [0.5, 0.6) is 0 Å². The Morgan fingerprint density at radius 3 is 2.28 bits per heavy atom. The molecular formula is C20H23F3N2O3S. The molecule has 0 unspecified atom stereocenters. The monoisotopic (exact) mass is 428 g/mol. The lowest BCUT2D eigenvalue weighted by Gasteiger charge is -2.25. The Bertz CT molecular complexity index is 956. The highest BCUT2D eigenvalue weighted by molar-refractivity contribution is 7.92. The van der Waals surface area contributed by atoms with Gasteiger partial charge in [0.2, 0.25) is 5.91 Å². The van der Waals surface area contributed by atoms with E-state index >= 15 is 0 Å². The summed E-state index contributed by atoms with van der Waals surface area (Å²) in [4.78, 5) is 11.5. The highest BCUT2D eigenvalue weighted by Gasteiger charge is 2.33. The van der Waals surface area contributed by atoms with Crippen LogP contribution < -0.4 is 9.62 Å². The van der Waals surface area contributed by atoms with Gasteiger partial charge in [0.1, 0.15) is 0 Å². The zero-order valence-electron chi connectivity index (χ0n) is 16.3. The summed E-state index contributed by atoms with van der Waals surface area (Å²) in [5.41, 5.74) is 0.105. The van der Waals surface area contributed by atoms with Crippen molar-refractivity contribution in [3.05, 3.63) is 59.7 Å². The van der Waals surface area contributed by atoms with Gasteiger partial charge in [-0.15, -0.1) is 0 Å². The van der Waals surface area contributed by atoms with Crippen molar-refractivity contribution < 1.29 is 26.4 Å².